The summed E-state index contributed by atoms with van der Waals surface area (Å²) in [6, 6.07) is 5.61. The van der Waals surface area contributed by atoms with Crippen LogP contribution in [0.25, 0.3) is 11.2 Å². The Hall–Kier alpha value is -4.87. The number of furan rings is 1. The molecular formula is C26H30N6O11-4. The number of carboxylic acid groups (broad SMARTS) is 4. The van der Waals surface area contributed by atoms with Gasteiger partial charge < -0.3 is 58.6 Å². The lowest BCUT2D eigenvalue weighted by molar-refractivity contribution is -0.345. The zero-order valence-electron chi connectivity index (χ0n) is 23.3. The molecule has 1 amide bonds. The molecule has 0 unspecified atom stereocenters. The normalized spacial score (nSPS) is 13.2. The average Bonchev–Trinajstić information content (AvgIpc) is 3.63. The van der Waals surface area contributed by atoms with E-state index in [0.29, 0.717) is 25.3 Å². The molecule has 0 bridgehead atoms. The average molecular weight is 603 g/mol. The van der Waals surface area contributed by atoms with Gasteiger partial charge in [-0.3, -0.25) is 14.6 Å². The molecule has 0 saturated carbocycles. The third kappa shape index (κ3) is 11.9. The number of piperazine rings is 1. The van der Waals surface area contributed by atoms with Crippen molar-refractivity contribution in [1.29, 1.82) is 0 Å². The second-order valence-electron chi connectivity index (χ2n) is 8.76. The first-order valence-electron chi connectivity index (χ1n) is 13.0. The van der Waals surface area contributed by atoms with Gasteiger partial charge in [0.2, 0.25) is 0 Å². The number of pyridine rings is 1. The van der Waals surface area contributed by atoms with Crippen LogP contribution in [0, 0.1) is 0 Å². The van der Waals surface area contributed by atoms with Crippen LogP contribution in [0.5, 0.6) is 0 Å². The van der Waals surface area contributed by atoms with Gasteiger partial charge in [-0.2, -0.15) is 0 Å². The predicted molar refractivity (Wildman–Crippen MR) is 137 cm³/mol. The van der Waals surface area contributed by atoms with Gasteiger partial charge in [-0.25, -0.2) is 9.97 Å². The minimum Gasteiger partial charge on any atom is -0.543 e. The third-order valence-electron chi connectivity index (χ3n) is 5.91. The van der Waals surface area contributed by atoms with Crippen molar-refractivity contribution in [3.8, 4) is 0 Å². The number of aliphatic carboxylic acids is 4. The summed E-state index contributed by atoms with van der Waals surface area (Å²) in [7, 11) is 0. The first-order valence-corrected chi connectivity index (χ1v) is 13.0. The number of imidazole rings is 1. The number of amides is 1. The van der Waals surface area contributed by atoms with Crippen molar-refractivity contribution in [3.05, 3.63) is 48.3 Å². The molecule has 1 fully saturated rings. The second kappa shape index (κ2) is 17.8. The first-order chi connectivity index (χ1) is 20.5. The highest BCUT2D eigenvalue weighted by Gasteiger charge is 2.20. The van der Waals surface area contributed by atoms with Gasteiger partial charge in [0, 0.05) is 58.6 Å². The first kappa shape index (κ1) is 34.3. The Morgan fingerprint density at radius 2 is 1.56 bits per heavy atom. The predicted octanol–water partition coefficient (Wildman–Crippen LogP) is -5.42. The number of hydrogen-bond donors (Lipinski definition) is 1. The molecule has 0 aromatic carbocycles. The summed E-state index contributed by atoms with van der Waals surface area (Å²) in [5, 5.41) is 38.6. The molecule has 234 valence electrons. The van der Waals surface area contributed by atoms with E-state index in [-0.39, 0.29) is 5.91 Å². The van der Waals surface area contributed by atoms with Gasteiger partial charge >= 0.3 is 0 Å². The largest absolute Gasteiger partial charge is 0.543 e. The minimum absolute atomic E-state index is 0.0908. The molecule has 1 saturated heterocycles. The number of ether oxygens (including phenoxy) is 1. The van der Waals surface area contributed by atoms with Gasteiger partial charge in [-0.15, -0.1) is 0 Å². The summed E-state index contributed by atoms with van der Waals surface area (Å²) in [6.45, 7) is 10.3. The maximum absolute atomic E-state index is 12.0. The molecule has 3 aromatic heterocycles. The van der Waals surface area contributed by atoms with E-state index in [1.54, 1.807) is 6.07 Å². The van der Waals surface area contributed by atoms with Gasteiger partial charge in [0.15, 0.2) is 5.65 Å². The molecule has 1 N–H and O–H groups in total. The molecule has 17 nitrogen and oxygen atoms in total. The number of hydrogen-bond acceptors (Lipinski definition) is 15. The van der Waals surface area contributed by atoms with E-state index >= 15 is 0 Å². The second-order valence-corrected chi connectivity index (χ2v) is 8.76. The number of rotatable bonds is 10. The molecule has 4 rings (SSSR count). The molecule has 0 aliphatic carbocycles. The number of fused-ring (bicyclic) bond motifs is 1. The Morgan fingerprint density at radius 3 is 2.12 bits per heavy atom. The van der Waals surface area contributed by atoms with Gasteiger partial charge in [0.1, 0.15) is 17.6 Å². The van der Waals surface area contributed by atoms with Crippen LogP contribution < -0.4 is 25.7 Å². The molecule has 17 heteroatoms. The van der Waals surface area contributed by atoms with Gasteiger partial charge in [-0.1, -0.05) is 0 Å². The molecule has 4 heterocycles. The van der Waals surface area contributed by atoms with Crippen molar-refractivity contribution in [3.63, 3.8) is 0 Å². The van der Waals surface area contributed by atoms with E-state index in [2.05, 4.69) is 24.7 Å². The lowest BCUT2D eigenvalue weighted by atomic mass is 10.3. The Morgan fingerprint density at radius 1 is 0.930 bits per heavy atom. The van der Waals surface area contributed by atoms with Crippen molar-refractivity contribution in [2.45, 2.75) is 20.0 Å². The zero-order chi connectivity index (χ0) is 31.8. The van der Waals surface area contributed by atoms with E-state index in [1.165, 1.54) is 12.5 Å². The molecule has 1 aliphatic rings. The summed E-state index contributed by atoms with van der Waals surface area (Å²) >= 11 is 0. The highest BCUT2D eigenvalue weighted by molar-refractivity contribution is 6.25. The van der Waals surface area contributed by atoms with Crippen molar-refractivity contribution >= 4 is 40.9 Å². The maximum Gasteiger partial charge on any atom is 0.254 e. The molecule has 3 aromatic rings. The number of nitrogens with zero attached hydrogens (tertiary/aromatic N) is 5. The SMILES string of the molecule is CCOCCn1c(CN2CCN(CCNC(=O)c3ccoc3)CC2)nc2cccnc21.O=C([O-])C(=O)[O-].O=C([O-])C(=O)[O-]. The van der Waals surface area contributed by atoms with Crippen LogP contribution in [-0.4, -0.2) is 107 Å². The van der Waals surface area contributed by atoms with Crippen molar-refractivity contribution in [2.75, 3.05) is 52.5 Å². The summed E-state index contributed by atoms with van der Waals surface area (Å²) in [5.41, 5.74) is 2.41. The fourth-order valence-electron chi connectivity index (χ4n) is 3.86. The van der Waals surface area contributed by atoms with E-state index in [9.17, 15) is 4.79 Å². The summed E-state index contributed by atoms with van der Waals surface area (Å²) < 4.78 is 12.7. The standard InChI is InChI=1S/C22H30N6O3.2C2H2O4/c1-2-30-15-13-28-20(25-19-4-3-6-23-21(19)28)16-27-11-9-26(10-12-27)8-7-24-22(29)18-5-14-31-17-18;2*3-1(4)2(5)6/h3-6,14,17H,2,7-13,15-16H2,1H3,(H,24,29);2*(H,3,4)(H,5,6)/p-4. The van der Waals surface area contributed by atoms with Crippen molar-refractivity contribution < 1.29 is 53.6 Å². The van der Waals surface area contributed by atoms with Gasteiger partial charge in [0.25, 0.3) is 5.91 Å². The quantitative estimate of drug-likeness (QED) is 0.168. The van der Waals surface area contributed by atoms with Crippen LogP contribution in [0.1, 0.15) is 23.1 Å². The highest BCUT2D eigenvalue weighted by atomic mass is 16.5. The summed E-state index contributed by atoms with van der Waals surface area (Å²) in [6.07, 6.45) is 4.79. The summed E-state index contributed by atoms with van der Waals surface area (Å²) in [5.74, 6) is -7.80. The van der Waals surface area contributed by atoms with E-state index < -0.39 is 23.9 Å². The number of carbonyl (C=O) groups is 5. The number of carboxylic acids is 4. The third-order valence-corrected chi connectivity index (χ3v) is 5.91. The number of nitrogens with one attached hydrogen (secondary N) is 1. The number of carbonyl (C=O) groups excluding carboxylic acids is 5. The smallest absolute Gasteiger partial charge is 0.254 e. The Balaban J connectivity index is 0.000000455. The molecule has 1 aliphatic heterocycles. The molecule has 0 atom stereocenters. The van der Waals surface area contributed by atoms with Crippen LogP contribution in [-0.2, 0) is 37.0 Å². The summed E-state index contributed by atoms with van der Waals surface area (Å²) in [4.78, 5) is 61.9. The van der Waals surface area contributed by atoms with Gasteiger partial charge in [-0.05, 0) is 25.1 Å². The van der Waals surface area contributed by atoms with E-state index in [0.717, 1.165) is 62.8 Å². The van der Waals surface area contributed by atoms with E-state index in [4.69, 9.17) is 53.7 Å². The molecule has 0 spiro atoms. The maximum atomic E-state index is 12.0. The monoisotopic (exact) mass is 602 g/mol. The van der Waals surface area contributed by atoms with Crippen molar-refractivity contribution in [1.82, 2.24) is 29.7 Å². The Labute approximate surface area is 245 Å². The minimum atomic E-state index is -2.19. The highest BCUT2D eigenvalue weighted by Crippen LogP contribution is 2.16. The topological polar surface area (TPSA) is 249 Å². The fraction of sp³-hybridized carbons (Fsp3) is 0.423. The van der Waals surface area contributed by atoms with Crippen LogP contribution in [0.4, 0.5) is 0 Å². The lowest BCUT2D eigenvalue weighted by Crippen LogP contribution is -2.48. The zero-order valence-corrected chi connectivity index (χ0v) is 23.3. The number of aromatic nitrogens is 3. The Kier molecular flexibility index (Phi) is 14.2. The van der Waals surface area contributed by atoms with E-state index in [1.807, 2.05) is 25.3 Å². The Bertz CT molecular complexity index is 1300. The van der Waals surface area contributed by atoms with Crippen LogP contribution in [0.2, 0.25) is 0 Å². The van der Waals surface area contributed by atoms with Gasteiger partial charge in [0.05, 0.1) is 48.9 Å². The molecule has 0 radical (unpaired) electrons. The van der Waals surface area contributed by atoms with Crippen molar-refractivity contribution in [2.24, 2.45) is 0 Å². The van der Waals surface area contributed by atoms with Crippen LogP contribution in [0.3, 0.4) is 0 Å². The lowest BCUT2D eigenvalue weighted by Gasteiger charge is -2.34. The molecule has 43 heavy (non-hydrogen) atoms. The fourth-order valence-corrected chi connectivity index (χ4v) is 3.86. The molecular weight excluding hydrogens is 572 g/mol. The van der Waals surface area contributed by atoms with Crippen LogP contribution >= 0.6 is 0 Å². The van der Waals surface area contributed by atoms with Crippen LogP contribution in [0.15, 0.2) is 41.3 Å².